The van der Waals surface area contributed by atoms with Gasteiger partial charge in [0, 0.05) is 19.4 Å². The minimum absolute atomic E-state index is 0.201. The molecule has 1 heterocycles. The van der Waals surface area contributed by atoms with Crippen LogP contribution in [0.1, 0.15) is 44.5 Å². The highest BCUT2D eigenvalue weighted by Crippen LogP contribution is 2.20. The Bertz CT molecular complexity index is 629. The molecule has 0 aliphatic rings. The van der Waals surface area contributed by atoms with Gasteiger partial charge in [-0.2, -0.15) is 0 Å². The molecule has 1 aromatic carbocycles. The van der Waals surface area contributed by atoms with Crippen LogP contribution >= 0.6 is 0 Å². The van der Waals surface area contributed by atoms with Crippen molar-refractivity contribution >= 4 is 17.0 Å². The first kappa shape index (κ1) is 15.5. The third-order valence-electron chi connectivity index (χ3n) is 3.70. The fraction of sp³-hybridized carbons (Fsp3) is 0.529. The van der Waals surface area contributed by atoms with Crippen molar-refractivity contribution in [2.24, 2.45) is 5.92 Å². The molecule has 4 nitrogen and oxygen atoms in total. The average molecular weight is 288 g/mol. The van der Waals surface area contributed by atoms with Crippen LogP contribution in [-0.2, 0) is 17.8 Å². The van der Waals surface area contributed by atoms with Crippen molar-refractivity contribution in [3.63, 3.8) is 0 Å². The summed E-state index contributed by atoms with van der Waals surface area (Å²) >= 11 is 0. The van der Waals surface area contributed by atoms with E-state index in [9.17, 15) is 4.79 Å². The smallest absolute Gasteiger partial charge is 0.303 e. The lowest BCUT2D eigenvalue weighted by Gasteiger charge is -2.11. The molecule has 0 atom stereocenters. The topological polar surface area (TPSA) is 55.1 Å². The average Bonchev–Trinajstić information content (AvgIpc) is 2.72. The summed E-state index contributed by atoms with van der Waals surface area (Å²) in [5.41, 5.74) is 3.38. The first-order chi connectivity index (χ1) is 9.97. The summed E-state index contributed by atoms with van der Waals surface area (Å²) in [7, 11) is 0. The molecule has 0 aliphatic heterocycles. The molecule has 0 spiro atoms. The van der Waals surface area contributed by atoms with Crippen molar-refractivity contribution in [3.05, 3.63) is 29.6 Å². The van der Waals surface area contributed by atoms with Gasteiger partial charge in [-0.15, -0.1) is 0 Å². The maximum Gasteiger partial charge on any atom is 0.303 e. The lowest BCUT2D eigenvalue weighted by Crippen LogP contribution is -2.07. The highest BCUT2D eigenvalue weighted by molar-refractivity contribution is 5.77. The van der Waals surface area contributed by atoms with Crippen LogP contribution in [0, 0.1) is 12.8 Å². The van der Waals surface area contributed by atoms with Crippen molar-refractivity contribution in [3.8, 4) is 0 Å². The van der Waals surface area contributed by atoms with Crippen LogP contribution < -0.4 is 0 Å². The van der Waals surface area contributed by atoms with E-state index in [0.717, 1.165) is 36.2 Å². The zero-order valence-corrected chi connectivity index (χ0v) is 13.1. The molecule has 4 heteroatoms. The van der Waals surface area contributed by atoms with Crippen molar-refractivity contribution in [2.75, 3.05) is 0 Å². The molecule has 114 valence electrons. The van der Waals surface area contributed by atoms with E-state index in [4.69, 9.17) is 10.1 Å². The van der Waals surface area contributed by atoms with E-state index in [2.05, 4.69) is 43.5 Å². The number of carbonyl (C=O) groups is 1. The number of hydrogen-bond donors (Lipinski definition) is 1. The largest absolute Gasteiger partial charge is 0.481 e. The summed E-state index contributed by atoms with van der Waals surface area (Å²) < 4.78 is 2.26. The number of aromatic nitrogens is 2. The Kier molecular flexibility index (Phi) is 4.99. The van der Waals surface area contributed by atoms with Crippen molar-refractivity contribution in [2.45, 2.75) is 53.0 Å². The zero-order valence-electron chi connectivity index (χ0n) is 13.1. The summed E-state index contributed by atoms with van der Waals surface area (Å²) in [4.78, 5) is 15.4. The van der Waals surface area contributed by atoms with Gasteiger partial charge < -0.3 is 9.67 Å². The Balaban J connectivity index is 2.27. The van der Waals surface area contributed by atoms with Crippen LogP contribution in [0.3, 0.4) is 0 Å². The Morgan fingerprint density at radius 3 is 2.81 bits per heavy atom. The van der Waals surface area contributed by atoms with Gasteiger partial charge in [-0.3, -0.25) is 4.79 Å². The lowest BCUT2D eigenvalue weighted by molar-refractivity contribution is -0.137. The van der Waals surface area contributed by atoms with E-state index in [0.29, 0.717) is 12.3 Å². The van der Waals surface area contributed by atoms with Gasteiger partial charge >= 0.3 is 5.97 Å². The molecule has 1 N–H and O–H groups in total. The zero-order chi connectivity index (χ0) is 15.4. The third kappa shape index (κ3) is 4.06. The van der Waals surface area contributed by atoms with E-state index in [1.165, 1.54) is 5.56 Å². The van der Waals surface area contributed by atoms with Gasteiger partial charge in [0.25, 0.3) is 0 Å². The number of aryl methyl sites for hydroxylation is 3. The molecule has 0 saturated heterocycles. The van der Waals surface area contributed by atoms with Crippen LogP contribution in [0.4, 0.5) is 0 Å². The minimum atomic E-state index is -0.740. The number of imidazole rings is 1. The summed E-state index contributed by atoms with van der Waals surface area (Å²) in [5, 5.41) is 8.79. The Morgan fingerprint density at radius 1 is 1.38 bits per heavy atom. The molecule has 2 rings (SSSR count). The predicted molar refractivity (Wildman–Crippen MR) is 84.5 cm³/mol. The molecule has 0 bridgehead atoms. The fourth-order valence-corrected chi connectivity index (χ4v) is 2.52. The number of aliphatic carboxylic acids is 1. The van der Waals surface area contributed by atoms with Gasteiger partial charge in [-0.25, -0.2) is 4.98 Å². The highest BCUT2D eigenvalue weighted by atomic mass is 16.4. The van der Waals surface area contributed by atoms with Gasteiger partial charge in [0.15, 0.2) is 0 Å². The molecular formula is C17H24N2O2. The van der Waals surface area contributed by atoms with Crippen molar-refractivity contribution in [1.29, 1.82) is 0 Å². The first-order valence-corrected chi connectivity index (χ1v) is 7.65. The number of rotatable bonds is 7. The van der Waals surface area contributed by atoms with E-state index in [1.807, 2.05) is 0 Å². The summed E-state index contributed by atoms with van der Waals surface area (Å²) in [5.74, 6) is 0.910. The number of carboxylic acids is 1. The molecule has 0 amide bonds. The maximum atomic E-state index is 10.7. The Hall–Kier alpha value is -1.84. The quantitative estimate of drug-likeness (QED) is 0.843. The van der Waals surface area contributed by atoms with Crippen LogP contribution in [0.25, 0.3) is 11.0 Å². The number of fused-ring (bicyclic) bond motifs is 1. The Labute approximate surface area is 125 Å². The number of nitrogens with zero attached hydrogens (tertiary/aromatic N) is 2. The fourth-order valence-electron chi connectivity index (χ4n) is 2.52. The van der Waals surface area contributed by atoms with Crippen LogP contribution in [0.2, 0.25) is 0 Å². The molecule has 0 saturated carbocycles. The van der Waals surface area contributed by atoms with E-state index < -0.39 is 5.97 Å². The van der Waals surface area contributed by atoms with Crippen LogP contribution in [-0.4, -0.2) is 20.6 Å². The SMILES string of the molecule is Cc1ccc2c(c1)nc(CCCC(=O)O)n2CCC(C)C. The van der Waals surface area contributed by atoms with Gasteiger partial charge in [0.05, 0.1) is 11.0 Å². The molecule has 1 aromatic heterocycles. The Morgan fingerprint density at radius 2 is 2.14 bits per heavy atom. The molecular weight excluding hydrogens is 264 g/mol. The van der Waals surface area contributed by atoms with Crippen molar-refractivity contribution < 1.29 is 9.90 Å². The van der Waals surface area contributed by atoms with Gasteiger partial charge in [-0.05, 0) is 43.4 Å². The molecule has 0 aliphatic carbocycles. The van der Waals surface area contributed by atoms with E-state index >= 15 is 0 Å². The van der Waals surface area contributed by atoms with E-state index in [-0.39, 0.29) is 6.42 Å². The summed E-state index contributed by atoms with van der Waals surface area (Å²) in [6.07, 6.45) is 2.66. The summed E-state index contributed by atoms with van der Waals surface area (Å²) in [6.45, 7) is 7.44. The second kappa shape index (κ2) is 6.74. The van der Waals surface area contributed by atoms with Crippen LogP contribution in [0.15, 0.2) is 18.2 Å². The van der Waals surface area contributed by atoms with Gasteiger partial charge in [0.2, 0.25) is 0 Å². The minimum Gasteiger partial charge on any atom is -0.481 e. The summed E-state index contributed by atoms with van der Waals surface area (Å²) in [6, 6.07) is 6.33. The van der Waals surface area contributed by atoms with Crippen LogP contribution in [0.5, 0.6) is 0 Å². The molecule has 21 heavy (non-hydrogen) atoms. The van der Waals surface area contributed by atoms with Crippen molar-refractivity contribution in [1.82, 2.24) is 9.55 Å². The lowest BCUT2D eigenvalue weighted by atomic mass is 10.1. The standard InChI is InChI=1S/C17H24N2O2/c1-12(2)9-10-19-15-8-7-13(3)11-14(15)18-16(19)5-4-6-17(20)21/h7-8,11-12H,4-6,9-10H2,1-3H3,(H,20,21). The number of hydrogen-bond acceptors (Lipinski definition) is 2. The van der Waals surface area contributed by atoms with Gasteiger partial charge in [-0.1, -0.05) is 19.9 Å². The highest BCUT2D eigenvalue weighted by Gasteiger charge is 2.11. The predicted octanol–water partition coefficient (Wildman–Crippen LogP) is 3.80. The maximum absolute atomic E-state index is 10.7. The third-order valence-corrected chi connectivity index (χ3v) is 3.70. The normalized spacial score (nSPS) is 11.4. The number of carboxylic acid groups (broad SMARTS) is 1. The number of benzene rings is 1. The molecule has 2 aromatic rings. The van der Waals surface area contributed by atoms with Gasteiger partial charge in [0.1, 0.15) is 5.82 Å². The molecule has 0 unspecified atom stereocenters. The second-order valence-corrected chi connectivity index (χ2v) is 6.10. The second-order valence-electron chi connectivity index (χ2n) is 6.10. The first-order valence-electron chi connectivity index (χ1n) is 7.65. The molecule has 0 radical (unpaired) electrons. The monoisotopic (exact) mass is 288 g/mol. The molecule has 0 fully saturated rings. The van der Waals surface area contributed by atoms with E-state index in [1.54, 1.807) is 0 Å².